The fourth-order valence-corrected chi connectivity index (χ4v) is 1.51. The largest absolute Gasteiger partial charge is 0.394 e. The number of rotatable bonds is 5. The smallest absolute Gasteiger partial charge is 0.0895 e. The number of hydrogen-bond donors (Lipinski definition) is 3. The predicted octanol–water partition coefficient (Wildman–Crippen LogP) is 1.45. The maximum atomic E-state index is 9.18. The van der Waals surface area contributed by atoms with Crippen LogP contribution in [0.5, 0.6) is 0 Å². The summed E-state index contributed by atoms with van der Waals surface area (Å²) in [5, 5.41) is 21.0. The Hall–Kier alpha value is -0.420. The van der Waals surface area contributed by atoms with Gasteiger partial charge in [-0.3, -0.25) is 0 Å². The molecule has 1 aromatic rings. The van der Waals surface area contributed by atoms with Crippen LogP contribution in [0.15, 0.2) is 28.7 Å². The first kappa shape index (κ1) is 12.6. The van der Waals surface area contributed by atoms with Crippen molar-refractivity contribution in [2.45, 2.75) is 19.1 Å². The second kappa shape index (κ2) is 6.23. The summed E-state index contributed by atoms with van der Waals surface area (Å²) in [7, 11) is 0. The van der Waals surface area contributed by atoms with Crippen LogP contribution in [-0.4, -0.2) is 29.5 Å². The zero-order valence-electron chi connectivity index (χ0n) is 8.65. The van der Waals surface area contributed by atoms with Crippen molar-refractivity contribution in [3.05, 3.63) is 34.3 Å². The van der Waals surface area contributed by atoms with Gasteiger partial charge in [0.1, 0.15) is 0 Å². The van der Waals surface area contributed by atoms with Crippen LogP contribution in [0.4, 0.5) is 0 Å². The van der Waals surface area contributed by atoms with Gasteiger partial charge in [-0.15, -0.1) is 0 Å². The minimum atomic E-state index is -0.692. The van der Waals surface area contributed by atoms with Crippen molar-refractivity contribution in [3.63, 3.8) is 0 Å². The van der Waals surface area contributed by atoms with E-state index in [0.29, 0.717) is 6.54 Å². The van der Waals surface area contributed by atoms with E-state index in [1.807, 2.05) is 31.2 Å². The van der Waals surface area contributed by atoms with Gasteiger partial charge in [0.15, 0.2) is 0 Å². The van der Waals surface area contributed by atoms with E-state index < -0.39 is 6.10 Å². The fraction of sp³-hybridized carbons (Fsp3) is 0.455. The van der Waals surface area contributed by atoms with E-state index in [1.54, 1.807) is 0 Å². The number of nitrogens with one attached hydrogen (secondary N) is 1. The van der Waals surface area contributed by atoms with Crippen molar-refractivity contribution in [2.75, 3.05) is 13.2 Å². The van der Waals surface area contributed by atoms with E-state index in [9.17, 15) is 5.11 Å². The van der Waals surface area contributed by atoms with Crippen LogP contribution in [0.2, 0.25) is 0 Å². The lowest BCUT2D eigenvalue weighted by Gasteiger charge is -2.16. The summed E-state index contributed by atoms with van der Waals surface area (Å²) in [6, 6.07) is 8.17. The van der Waals surface area contributed by atoms with Gasteiger partial charge in [-0.25, -0.2) is 0 Å². The van der Waals surface area contributed by atoms with Crippen molar-refractivity contribution >= 4 is 15.9 Å². The molecular formula is C11H16BrNO2. The average Bonchev–Trinajstić information content (AvgIpc) is 2.26. The third kappa shape index (κ3) is 4.30. The van der Waals surface area contributed by atoms with Gasteiger partial charge in [-0.05, 0) is 24.6 Å². The lowest BCUT2D eigenvalue weighted by Crippen LogP contribution is -2.31. The van der Waals surface area contributed by atoms with Crippen molar-refractivity contribution < 1.29 is 10.2 Å². The number of aliphatic hydroxyl groups is 2. The Morgan fingerprint density at radius 1 is 1.33 bits per heavy atom. The molecule has 0 spiro atoms. The van der Waals surface area contributed by atoms with Crippen LogP contribution in [0.1, 0.15) is 18.5 Å². The summed E-state index contributed by atoms with van der Waals surface area (Å²) in [5.41, 5.74) is 1.16. The molecule has 1 rings (SSSR count). The standard InChI is InChI=1S/C11H16BrNO2/c1-8(13-6-11(15)7-14)9-2-4-10(12)5-3-9/h2-5,8,11,13-15H,6-7H2,1H3/t8-,11?/m1/s1. The first-order chi connectivity index (χ1) is 7.13. The highest BCUT2D eigenvalue weighted by Gasteiger charge is 2.07. The Labute approximate surface area is 98.3 Å². The molecule has 3 N–H and O–H groups in total. The summed E-state index contributed by atoms with van der Waals surface area (Å²) in [4.78, 5) is 0. The van der Waals surface area contributed by atoms with Crippen molar-refractivity contribution in [1.82, 2.24) is 5.32 Å². The Morgan fingerprint density at radius 2 is 1.93 bits per heavy atom. The fourth-order valence-electron chi connectivity index (χ4n) is 1.25. The molecule has 84 valence electrons. The Morgan fingerprint density at radius 3 is 2.47 bits per heavy atom. The maximum absolute atomic E-state index is 9.18. The lowest BCUT2D eigenvalue weighted by molar-refractivity contribution is 0.0924. The molecule has 4 heteroatoms. The molecule has 1 aromatic carbocycles. The van der Waals surface area contributed by atoms with Crippen LogP contribution >= 0.6 is 15.9 Å². The maximum Gasteiger partial charge on any atom is 0.0895 e. The first-order valence-corrected chi connectivity index (χ1v) is 5.70. The summed E-state index contributed by atoms with van der Waals surface area (Å²) in [6.07, 6.45) is -0.692. The predicted molar refractivity (Wildman–Crippen MR) is 63.7 cm³/mol. The normalized spacial score (nSPS) is 14.9. The van der Waals surface area contributed by atoms with Crippen molar-refractivity contribution in [1.29, 1.82) is 0 Å². The summed E-state index contributed by atoms with van der Waals surface area (Å²) in [6.45, 7) is 2.21. The van der Waals surface area contributed by atoms with Crippen LogP contribution in [-0.2, 0) is 0 Å². The Balaban J connectivity index is 2.46. The van der Waals surface area contributed by atoms with Crippen LogP contribution in [0.25, 0.3) is 0 Å². The number of benzene rings is 1. The van der Waals surface area contributed by atoms with Gasteiger partial charge in [0.05, 0.1) is 12.7 Å². The van der Waals surface area contributed by atoms with Crippen molar-refractivity contribution in [3.8, 4) is 0 Å². The third-order valence-corrected chi connectivity index (χ3v) is 2.77. The minimum absolute atomic E-state index is 0.166. The number of hydrogen-bond acceptors (Lipinski definition) is 3. The Kier molecular flexibility index (Phi) is 5.25. The molecule has 15 heavy (non-hydrogen) atoms. The van der Waals surface area contributed by atoms with Gasteiger partial charge in [-0.2, -0.15) is 0 Å². The van der Waals surface area contributed by atoms with Crippen LogP contribution in [0, 0.1) is 0 Å². The highest BCUT2D eigenvalue weighted by atomic mass is 79.9. The molecule has 0 saturated heterocycles. The van der Waals surface area contributed by atoms with E-state index in [4.69, 9.17) is 5.11 Å². The van der Waals surface area contributed by atoms with Gasteiger partial charge >= 0.3 is 0 Å². The molecule has 0 amide bonds. The molecule has 0 bridgehead atoms. The quantitative estimate of drug-likeness (QED) is 0.761. The molecule has 0 aliphatic carbocycles. The Bertz CT molecular complexity index is 289. The molecule has 0 aliphatic rings. The highest BCUT2D eigenvalue weighted by molar-refractivity contribution is 9.10. The van der Waals surface area contributed by atoms with E-state index >= 15 is 0 Å². The first-order valence-electron chi connectivity index (χ1n) is 4.91. The number of aliphatic hydroxyl groups excluding tert-OH is 2. The molecule has 0 aliphatic heterocycles. The zero-order valence-corrected chi connectivity index (χ0v) is 10.2. The minimum Gasteiger partial charge on any atom is -0.394 e. The molecule has 0 heterocycles. The molecule has 0 radical (unpaired) electrons. The molecule has 0 aromatic heterocycles. The average molecular weight is 274 g/mol. The monoisotopic (exact) mass is 273 g/mol. The molecule has 0 fully saturated rings. The molecular weight excluding hydrogens is 258 g/mol. The zero-order chi connectivity index (χ0) is 11.3. The summed E-state index contributed by atoms with van der Waals surface area (Å²) >= 11 is 3.37. The lowest BCUT2D eigenvalue weighted by atomic mass is 10.1. The third-order valence-electron chi connectivity index (χ3n) is 2.24. The molecule has 3 nitrogen and oxygen atoms in total. The van der Waals surface area contributed by atoms with Crippen LogP contribution in [0.3, 0.4) is 0 Å². The molecule has 2 atom stereocenters. The van der Waals surface area contributed by atoms with E-state index in [0.717, 1.165) is 10.0 Å². The second-order valence-electron chi connectivity index (χ2n) is 3.52. The van der Waals surface area contributed by atoms with E-state index in [1.165, 1.54) is 0 Å². The second-order valence-corrected chi connectivity index (χ2v) is 4.43. The van der Waals surface area contributed by atoms with E-state index in [-0.39, 0.29) is 12.6 Å². The summed E-state index contributed by atoms with van der Waals surface area (Å²) < 4.78 is 1.05. The molecule has 1 unspecified atom stereocenters. The SMILES string of the molecule is C[C@@H](NCC(O)CO)c1ccc(Br)cc1. The van der Waals surface area contributed by atoms with Crippen molar-refractivity contribution in [2.24, 2.45) is 0 Å². The topological polar surface area (TPSA) is 52.5 Å². The molecule has 0 saturated carbocycles. The van der Waals surface area contributed by atoms with Gasteiger partial charge in [0, 0.05) is 17.1 Å². The van der Waals surface area contributed by atoms with Gasteiger partial charge in [-0.1, -0.05) is 28.1 Å². The van der Waals surface area contributed by atoms with Gasteiger partial charge in [0.2, 0.25) is 0 Å². The van der Waals surface area contributed by atoms with Gasteiger partial charge < -0.3 is 15.5 Å². The van der Waals surface area contributed by atoms with Crippen LogP contribution < -0.4 is 5.32 Å². The summed E-state index contributed by atoms with van der Waals surface area (Å²) in [5.74, 6) is 0. The highest BCUT2D eigenvalue weighted by Crippen LogP contribution is 2.16. The number of halogens is 1. The van der Waals surface area contributed by atoms with E-state index in [2.05, 4.69) is 21.2 Å². The van der Waals surface area contributed by atoms with Gasteiger partial charge in [0.25, 0.3) is 0 Å².